The summed E-state index contributed by atoms with van der Waals surface area (Å²) in [6.07, 6.45) is 8.52. The van der Waals surface area contributed by atoms with Crippen LogP contribution < -0.4 is 0 Å². The van der Waals surface area contributed by atoms with Crippen LogP contribution in [0.1, 0.15) is 55.7 Å². The fourth-order valence-corrected chi connectivity index (χ4v) is 5.27. The Morgan fingerprint density at radius 1 is 1.15 bits per heavy atom. The van der Waals surface area contributed by atoms with E-state index in [1.165, 1.54) is 6.07 Å². The molecule has 178 valence electrons. The van der Waals surface area contributed by atoms with Crippen LogP contribution in [-0.4, -0.2) is 56.9 Å². The quantitative estimate of drug-likeness (QED) is 0.610. The second-order valence-corrected chi connectivity index (χ2v) is 9.68. The summed E-state index contributed by atoms with van der Waals surface area (Å²) in [5, 5.41) is 4.12. The molecule has 1 atom stereocenters. The Kier molecular flexibility index (Phi) is 7.58. The van der Waals surface area contributed by atoms with Gasteiger partial charge in [0.2, 0.25) is 5.91 Å². The zero-order valence-corrected chi connectivity index (χ0v) is 19.8. The average Bonchev–Trinajstić information content (AvgIpc) is 3.49. The number of ketones is 1. The third-order valence-electron chi connectivity index (χ3n) is 7.25. The summed E-state index contributed by atoms with van der Waals surface area (Å²) in [7, 11) is 0. The molecule has 2 aliphatic rings. The fraction of sp³-hybridized carbons (Fsp3) is 0.577. The first-order valence-electron chi connectivity index (χ1n) is 12.2. The summed E-state index contributed by atoms with van der Waals surface area (Å²) in [5.74, 6) is 0.307. The van der Waals surface area contributed by atoms with Crippen molar-refractivity contribution in [3.8, 4) is 0 Å². The van der Waals surface area contributed by atoms with Gasteiger partial charge in [0.25, 0.3) is 0 Å². The van der Waals surface area contributed by atoms with Crippen molar-refractivity contribution in [2.24, 2.45) is 5.92 Å². The monoisotopic (exact) mass is 454 g/mol. The van der Waals surface area contributed by atoms with E-state index in [-0.39, 0.29) is 30.0 Å². The summed E-state index contributed by atoms with van der Waals surface area (Å²) in [6.45, 7) is 7.56. The first-order chi connectivity index (χ1) is 15.9. The molecule has 0 bridgehead atoms. The smallest absolute Gasteiger partial charge is 0.226 e. The van der Waals surface area contributed by atoms with Crippen molar-refractivity contribution in [3.63, 3.8) is 0 Å². The summed E-state index contributed by atoms with van der Waals surface area (Å²) < 4.78 is 16.2. The van der Waals surface area contributed by atoms with Crippen LogP contribution in [0.4, 0.5) is 4.39 Å². The van der Waals surface area contributed by atoms with Crippen molar-refractivity contribution in [2.45, 2.75) is 71.5 Å². The molecule has 0 radical (unpaired) electrons. The first-order valence-corrected chi connectivity index (χ1v) is 12.2. The number of hydrogen-bond acceptors (Lipinski definition) is 4. The molecule has 2 heterocycles. The fourth-order valence-electron chi connectivity index (χ4n) is 5.27. The molecule has 2 aromatic rings. The van der Waals surface area contributed by atoms with Gasteiger partial charge in [-0.05, 0) is 61.6 Å². The molecule has 1 aliphatic carbocycles. The Balaban J connectivity index is 1.35. The van der Waals surface area contributed by atoms with Gasteiger partial charge in [0, 0.05) is 69.9 Å². The van der Waals surface area contributed by atoms with Crippen molar-refractivity contribution in [2.75, 3.05) is 19.6 Å². The van der Waals surface area contributed by atoms with Crippen LogP contribution in [0, 0.1) is 18.7 Å². The van der Waals surface area contributed by atoms with Crippen molar-refractivity contribution in [1.29, 1.82) is 0 Å². The zero-order valence-electron chi connectivity index (χ0n) is 19.8. The first kappa shape index (κ1) is 23.6. The van der Waals surface area contributed by atoms with Gasteiger partial charge in [-0.1, -0.05) is 12.8 Å². The van der Waals surface area contributed by atoms with Crippen LogP contribution >= 0.6 is 0 Å². The molecule has 4 rings (SSSR count). The van der Waals surface area contributed by atoms with Gasteiger partial charge in [0.05, 0.1) is 0 Å². The predicted molar refractivity (Wildman–Crippen MR) is 125 cm³/mol. The second-order valence-electron chi connectivity index (χ2n) is 9.68. The molecule has 0 N–H and O–H groups in total. The number of piperazine rings is 1. The molecule has 7 heteroatoms. The SMILES string of the molecule is Cc1c(CC(=O)CCn2cccn2)cc(F)cc1CN1CCN(C(=O)C2CCCC2)[C@@H](C)C1. The van der Waals surface area contributed by atoms with E-state index < -0.39 is 0 Å². The number of Topliss-reactive ketones (excluding diaryl/α,β-unsaturated/α-hetero) is 1. The third-order valence-corrected chi connectivity index (χ3v) is 7.25. The minimum absolute atomic E-state index is 0.0813. The average molecular weight is 455 g/mol. The van der Waals surface area contributed by atoms with Gasteiger partial charge < -0.3 is 4.90 Å². The molecule has 1 aromatic heterocycles. The van der Waals surface area contributed by atoms with Gasteiger partial charge in [-0.15, -0.1) is 0 Å². The van der Waals surface area contributed by atoms with Crippen molar-refractivity contribution in [1.82, 2.24) is 19.6 Å². The van der Waals surface area contributed by atoms with E-state index in [0.717, 1.165) is 62.0 Å². The lowest BCUT2D eigenvalue weighted by Gasteiger charge is -2.41. The Hall–Kier alpha value is -2.54. The number of aryl methyl sites for hydroxylation is 1. The second kappa shape index (κ2) is 10.6. The number of carbonyl (C=O) groups excluding carboxylic acids is 2. The number of halogens is 1. The molecule has 2 fully saturated rings. The van der Waals surface area contributed by atoms with Crippen molar-refractivity contribution >= 4 is 11.7 Å². The lowest BCUT2D eigenvalue weighted by molar-refractivity contribution is -0.140. The highest BCUT2D eigenvalue weighted by molar-refractivity contribution is 5.81. The molecule has 1 saturated heterocycles. The van der Waals surface area contributed by atoms with Gasteiger partial charge in [-0.25, -0.2) is 4.39 Å². The summed E-state index contributed by atoms with van der Waals surface area (Å²) in [4.78, 5) is 29.7. The highest BCUT2D eigenvalue weighted by Crippen LogP contribution is 2.28. The molecule has 1 aliphatic heterocycles. The number of nitrogens with zero attached hydrogens (tertiary/aromatic N) is 4. The van der Waals surface area contributed by atoms with E-state index >= 15 is 0 Å². The zero-order chi connectivity index (χ0) is 23.4. The molecule has 1 saturated carbocycles. The van der Waals surface area contributed by atoms with Crippen LogP contribution in [-0.2, 0) is 29.1 Å². The summed E-state index contributed by atoms with van der Waals surface area (Å²) in [5.41, 5.74) is 2.67. The molecule has 6 nitrogen and oxygen atoms in total. The number of benzene rings is 1. The third kappa shape index (κ3) is 5.88. The van der Waals surface area contributed by atoms with E-state index in [4.69, 9.17) is 0 Å². The standard InChI is InChI=1S/C26H35FN4O2/c1-19-17-29(12-13-31(19)26(33)21-6-3-4-7-21)18-23-15-24(27)14-22(20(23)2)16-25(32)8-11-30-10-5-9-28-30/h5,9-10,14-15,19,21H,3-4,6-8,11-13,16-18H2,1-2H3/t19-/m0/s1. The number of carbonyl (C=O) groups is 2. The largest absolute Gasteiger partial charge is 0.337 e. The topological polar surface area (TPSA) is 58.4 Å². The van der Waals surface area contributed by atoms with E-state index in [2.05, 4.69) is 21.8 Å². The van der Waals surface area contributed by atoms with Gasteiger partial charge in [-0.2, -0.15) is 5.10 Å². The maximum atomic E-state index is 14.4. The number of hydrogen-bond donors (Lipinski definition) is 0. The summed E-state index contributed by atoms with van der Waals surface area (Å²) in [6, 6.07) is 5.07. The van der Waals surface area contributed by atoms with E-state index in [1.54, 1.807) is 16.9 Å². The van der Waals surface area contributed by atoms with Gasteiger partial charge in [0.15, 0.2) is 0 Å². The predicted octanol–water partition coefficient (Wildman–Crippen LogP) is 3.76. The number of aromatic nitrogens is 2. The lowest BCUT2D eigenvalue weighted by Crippen LogP contribution is -2.54. The molecule has 33 heavy (non-hydrogen) atoms. The highest BCUT2D eigenvalue weighted by Gasteiger charge is 2.33. The van der Waals surface area contributed by atoms with Crippen molar-refractivity contribution in [3.05, 3.63) is 53.1 Å². The Labute approximate surface area is 195 Å². The normalized spacial score (nSPS) is 19.8. The van der Waals surface area contributed by atoms with E-state index in [0.29, 0.717) is 25.4 Å². The minimum Gasteiger partial charge on any atom is -0.337 e. The number of amides is 1. The van der Waals surface area contributed by atoms with Crippen LogP contribution in [0.3, 0.4) is 0 Å². The molecular formula is C26H35FN4O2. The summed E-state index contributed by atoms with van der Waals surface area (Å²) >= 11 is 0. The Bertz CT molecular complexity index is 969. The van der Waals surface area contributed by atoms with Gasteiger partial charge in [0.1, 0.15) is 11.6 Å². The Morgan fingerprint density at radius 2 is 1.91 bits per heavy atom. The number of rotatable bonds is 8. The maximum absolute atomic E-state index is 14.4. The maximum Gasteiger partial charge on any atom is 0.226 e. The Morgan fingerprint density at radius 3 is 2.61 bits per heavy atom. The molecule has 0 spiro atoms. The minimum atomic E-state index is -0.298. The van der Waals surface area contributed by atoms with E-state index in [1.807, 2.05) is 19.2 Å². The van der Waals surface area contributed by atoms with Crippen LogP contribution in [0.15, 0.2) is 30.6 Å². The molecule has 0 unspecified atom stereocenters. The molecule has 1 amide bonds. The van der Waals surface area contributed by atoms with Crippen molar-refractivity contribution < 1.29 is 14.0 Å². The van der Waals surface area contributed by atoms with E-state index in [9.17, 15) is 14.0 Å². The molecular weight excluding hydrogens is 419 g/mol. The van der Waals surface area contributed by atoms with Gasteiger partial charge >= 0.3 is 0 Å². The van der Waals surface area contributed by atoms with Crippen LogP contribution in [0.5, 0.6) is 0 Å². The lowest BCUT2D eigenvalue weighted by atomic mass is 9.96. The van der Waals surface area contributed by atoms with Gasteiger partial charge in [-0.3, -0.25) is 19.2 Å². The van der Waals surface area contributed by atoms with Crippen LogP contribution in [0.25, 0.3) is 0 Å². The molecule has 1 aromatic carbocycles. The van der Waals surface area contributed by atoms with Crippen LogP contribution in [0.2, 0.25) is 0 Å². The highest BCUT2D eigenvalue weighted by atomic mass is 19.1.